The van der Waals surface area contributed by atoms with Crippen molar-refractivity contribution in [3.05, 3.63) is 29.6 Å². The molecule has 2 rings (SSSR count). The second-order valence-electron chi connectivity index (χ2n) is 3.91. The molecule has 0 bridgehead atoms. The van der Waals surface area contributed by atoms with Crippen molar-refractivity contribution in [1.82, 2.24) is 4.98 Å². The molecule has 0 amide bonds. The normalized spacial score (nSPS) is 16.6. The van der Waals surface area contributed by atoms with E-state index in [0.717, 1.165) is 18.5 Å². The zero-order valence-electron chi connectivity index (χ0n) is 8.90. The number of aromatic nitrogens is 1. The molecule has 1 aliphatic carbocycles. The van der Waals surface area contributed by atoms with Gasteiger partial charge in [0.05, 0.1) is 18.4 Å². The second kappa shape index (κ2) is 4.43. The highest BCUT2D eigenvalue weighted by Crippen LogP contribution is 2.34. The van der Waals surface area contributed by atoms with E-state index in [1.54, 1.807) is 18.3 Å². The molecule has 15 heavy (non-hydrogen) atoms. The molecule has 1 fully saturated rings. The monoisotopic (exact) mass is 205 g/mol. The highest BCUT2D eigenvalue weighted by Gasteiger charge is 2.23. The predicted molar refractivity (Wildman–Crippen MR) is 56.8 cm³/mol. The fourth-order valence-corrected chi connectivity index (χ4v) is 2.22. The van der Waals surface area contributed by atoms with Gasteiger partial charge in [-0.3, -0.25) is 4.98 Å². The van der Waals surface area contributed by atoms with Crippen molar-refractivity contribution in [2.45, 2.75) is 31.6 Å². The Balaban J connectivity index is 2.32. The van der Waals surface area contributed by atoms with Crippen LogP contribution >= 0.6 is 0 Å². The summed E-state index contributed by atoms with van der Waals surface area (Å²) in [6.07, 6.45) is 6.51. The number of pyridine rings is 1. The minimum atomic E-state index is -0.273. The first-order valence-corrected chi connectivity index (χ1v) is 5.36. The minimum absolute atomic E-state index is 0.273. The molecule has 3 heteroatoms. The van der Waals surface area contributed by atoms with Crippen molar-refractivity contribution < 1.29 is 9.53 Å². The SMILES string of the molecule is COC(=O)c1cccnc1C1CCCC1. The number of nitrogens with zero attached hydrogens (tertiary/aromatic N) is 1. The van der Waals surface area contributed by atoms with E-state index < -0.39 is 0 Å². The van der Waals surface area contributed by atoms with E-state index in [9.17, 15) is 4.79 Å². The van der Waals surface area contributed by atoms with E-state index in [1.165, 1.54) is 20.0 Å². The van der Waals surface area contributed by atoms with Gasteiger partial charge in [-0.25, -0.2) is 4.79 Å². The summed E-state index contributed by atoms with van der Waals surface area (Å²) in [5.74, 6) is 0.172. The Morgan fingerprint density at radius 3 is 2.87 bits per heavy atom. The van der Waals surface area contributed by atoms with E-state index in [4.69, 9.17) is 4.74 Å². The van der Waals surface area contributed by atoms with Gasteiger partial charge >= 0.3 is 5.97 Å². The quantitative estimate of drug-likeness (QED) is 0.696. The number of methoxy groups -OCH3 is 1. The fraction of sp³-hybridized carbons (Fsp3) is 0.500. The largest absolute Gasteiger partial charge is 0.465 e. The molecule has 0 N–H and O–H groups in total. The molecule has 1 aromatic heterocycles. The summed E-state index contributed by atoms with van der Waals surface area (Å²) in [6.45, 7) is 0. The van der Waals surface area contributed by atoms with Gasteiger partial charge in [0.2, 0.25) is 0 Å². The first-order valence-electron chi connectivity index (χ1n) is 5.36. The molecule has 1 aromatic rings. The first-order chi connectivity index (χ1) is 7.33. The third-order valence-electron chi connectivity index (χ3n) is 2.99. The lowest BCUT2D eigenvalue weighted by molar-refractivity contribution is 0.0598. The minimum Gasteiger partial charge on any atom is -0.465 e. The lowest BCUT2D eigenvalue weighted by Crippen LogP contribution is -2.09. The Labute approximate surface area is 89.5 Å². The number of hydrogen-bond acceptors (Lipinski definition) is 3. The molecule has 0 aromatic carbocycles. The lowest BCUT2D eigenvalue weighted by atomic mass is 9.99. The third kappa shape index (κ3) is 2.01. The van der Waals surface area contributed by atoms with Crippen molar-refractivity contribution in [2.24, 2.45) is 0 Å². The van der Waals surface area contributed by atoms with Gasteiger partial charge in [0.15, 0.2) is 0 Å². The van der Waals surface area contributed by atoms with E-state index in [1.807, 2.05) is 0 Å². The number of esters is 1. The van der Waals surface area contributed by atoms with E-state index in [2.05, 4.69) is 4.98 Å². The van der Waals surface area contributed by atoms with Crippen molar-refractivity contribution in [3.8, 4) is 0 Å². The molecule has 0 atom stereocenters. The highest BCUT2D eigenvalue weighted by atomic mass is 16.5. The molecule has 3 nitrogen and oxygen atoms in total. The van der Waals surface area contributed by atoms with Crippen LogP contribution in [0.4, 0.5) is 0 Å². The molecule has 80 valence electrons. The van der Waals surface area contributed by atoms with Gasteiger partial charge in [-0.2, -0.15) is 0 Å². The summed E-state index contributed by atoms with van der Waals surface area (Å²) in [5.41, 5.74) is 1.55. The van der Waals surface area contributed by atoms with Crippen LogP contribution in [0.2, 0.25) is 0 Å². The summed E-state index contributed by atoms with van der Waals surface area (Å²) in [5, 5.41) is 0. The zero-order valence-corrected chi connectivity index (χ0v) is 8.90. The predicted octanol–water partition coefficient (Wildman–Crippen LogP) is 2.53. The molecule has 1 saturated carbocycles. The van der Waals surface area contributed by atoms with Gasteiger partial charge in [0.1, 0.15) is 0 Å². The van der Waals surface area contributed by atoms with Crippen LogP contribution in [-0.4, -0.2) is 18.1 Å². The maximum atomic E-state index is 11.5. The number of hydrogen-bond donors (Lipinski definition) is 0. The zero-order chi connectivity index (χ0) is 10.7. The Hall–Kier alpha value is -1.38. The second-order valence-corrected chi connectivity index (χ2v) is 3.91. The Morgan fingerprint density at radius 2 is 2.20 bits per heavy atom. The smallest absolute Gasteiger partial charge is 0.339 e. The molecule has 0 spiro atoms. The summed E-state index contributed by atoms with van der Waals surface area (Å²) in [4.78, 5) is 15.9. The molecular formula is C12H15NO2. The van der Waals surface area contributed by atoms with E-state index in [0.29, 0.717) is 11.5 Å². The number of ether oxygens (including phenoxy) is 1. The summed E-state index contributed by atoms with van der Waals surface area (Å²) >= 11 is 0. The van der Waals surface area contributed by atoms with Gasteiger partial charge in [-0.15, -0.1) is 0 Å². The highest BCUT2D eigenvalue weighted by molar-refractivity contribution is 5.90. The topological polar surface area (TPSA) is 39.2 Å². The number of rotatable bonds is 2. The van der Waals surface area contributed by atoms with Gasteiger partial charge in [0, 0.05) is 12.1 Å². The molecule has 1 heterocycles. The third-order valence-corrected chi connectivity index (χ3v) is 2.99. The van der Waals surface area contributed by atoms with Crippen molar-refractivity contribution >= 4 is 5.97 Å². The van der Waals surface area contributed by atoms with Crippen LogP contribution in [0.15, 0.2) is 18.3 Å². The van der Waals surface area contributed by atoms with Gasteiger partial charge in [-0.1, -0.05) is 12.8 Å². The summed E-state index contributed by atoms with van der Waals surface area (Å²) in [7, 11) is 1.41. The van der Waals surface area contributed by atoms with E-state index >= 15 is 0 Å². The molecule has 1 aliphatic rings. The first kappa shape index (κ1) is 10.1. The van der Waals surface area contributed by atoms with Crippen LogP contribution in [0.1, 0.15) is 47.7 Å². The average molecular weight is 205 g/mol. The van der Waals surface area contributed by atoms with E-state index in [-0.39, 0.29) is 5.97 Å². The Morgan fingerprint density at radius 1 is 1.47 bits per heavy atom. The lowest BCUT2D eigenvalue weighted by Gasteiger charge is -2.11. The van der Waals surface area contributed by atoms with Crippen LogP contribution in [0.3, 0.4) is 0 Å². The van der Waals surface area contributed by atoms with Crippen LogP contribution < -0.4 is 0 Å². The van der Waals surface area contributed by atoms with Crippen molar-refractivity contribution in [3.63, 3.8) is 0 Å². The standard InChI is InChI=1S/C12H15NO2/c1-15-12(14)10-7-4-8-13-11(10)9-5-2-3-6-9/h4,7-9H,2-3,5-6H2,1H3. The van der Waals surface area contributed by atoms with Crippen molar-refractivity contribution in [1.29, 1.82) is 0 Å². The maximum Gasteiger partial charge on any atom is 0.339 e. The van der Waals surface area contributed by atoms with Crippen LogP contribution in [0, 0.1) is 0 Å². The van der Waals surface area contributed by atoms with Crippen LogP contribution in [0.25, 0.3) is 0 Å². The van der Waals surface area contributed by atoms with Crippen LogP contribution in [0.5, 0.6) is 0 Å². The van der Waals surface area contributed by atoms with Gasteiger partial charge in [-0.05, 0) is 25.0 Å². The number of carbonyl (C=O) groups excluding carboxylic acids is 1. The molecule has 0 unspecified atom stereocenters. The molecule has 0 saturated heterocycles. The molecule has 0 aliphatic heterocycles. The molecule has 0 radical (unpaired) electrons. The number of carbonyl (C=O) groups is 1. The van der Waals surface area contributed by atoms with Gasteiger partial charge < -0.3 is 4.74 Å². The summed E-state index contributed by atoms with van der Waals surface area (Å²) in [6, 6.07) is 3.58. The Kier molecular flexibility index (Phi) is 2.99. The van der Waals surface area contributed by atoms with Crippen LogP contribution in [-0.2, 0) is 4.74 Å². The van der Waals surface area contributed by atoms with Crippen molar-refractivity contribution in [2.75, 3.05) is 7.11 Å². The average Bonchev–Trinajstić information content (AvgIpc) is 2.81. The summed E-state index contributed by atoms with van der Waals surface area (Å²) < 4.78 is 4.76. The van der Waals surface area contributed by atoms with Gasteiger partial charge in [0.25, 0.3) is 0 Å². The molecular weight excluding hydrogens is 190 g/mol. The fourth-order valence-electron chi connectivity index (χ4n) is 2.22. The maximum absolute atomic E-state index is 11.5. The Bertz CT molecular complexity index is 356.